The van der Waals surface area contributed by atoms with Gasteiger partial charge in [-0.05, 0) is 59.2 Å². The third kappa shape index (κ3) is 3.65. The largest absolute Gasteiger partial charge is 0.358 e. The van der Waals surface area contributed by atoms with Gasteiger partial charge in [0.2, 0.25) is 5.69 Å². The Morgan fingerprint density at radius 1 is 0.757 bits per heavy atom. The molecule has 0 spiro atoms. The summed E-state index contributed by atoms with van der Waals surface area (Å²) in [4.78, 5) is 0. The number of fused-ring (bicyclic) bond motifs is 6. The van der Waals surface area contributed by atoms with Crippen LogP contribution in [0.25, 0.3) is 21.5 Å². The summed E-state index contributed by atoms with van der Waals surface area (Å²) in [6, 6.07) is 26.6. The lowest BCUT2D eigenvalue weighted by Gasteiger charge is -2.21. The van der Waals surface area contributed by atoms with E-state index >= 15 is 0 Å². The maximum absolute atomic E-state index is 3.74. The Balaban J connectivity index is 1.41. The number of hydrogen-bond donors (Lipinski definition) is 1. The Hall–Kier alpha value is -3.65. The van der Waals surface area contributed by atoms with Crippen LogP contribution in [0.2, 0.25) is 0 Å². The molecule has 0 saturated heterocycles. The van der Waals surface area contributed by atoms with Gasteiger partial charge in [-0.3, -0.25) is 0 Å². The first-order chi connectivity index (χ1) is 17.8. The molecule has 0 bridgehead atoms. The molecule has 4 aromatic rings. The van der Waals surface area contributed by atoms with Crippen molar-refractivity contribution in [1.82, 2.24) is 0 Å². The molecule has 0 atom stereocenters. The number of rotatable bonds is 5. The predicted molar refractivity (Wildman–Crippen MR) is 159 cm³/mol. The van der Waals surface area contributed by atoms with Crippen LogP contribution in [0.15, 0.2) is 96.7 Å². The molecule has 0 aromatic heterocycles. The fraction of sp³-hybridized carbons (Fsp3) is 0.286. The predicted octanol–water partition coefficient (Wildman–Crippen LogP) is 9.01. The fourth-order valence-electron chi connectivity index (χ4n) is 6.56. The zero-order valence-corrected chi connectivity index (χ0v) is 22.7. The Bertz CT molecular complexity index is 1630. The molecule has 0 amide bonds. The second kappa shape index (κ2) is 8.73. The number of nitrogens with zero attached hydrogens (tertiary/aromatic N) is 1. The lowest BCUT2D eigenvalue weighted by molar-refractivity contribution is -0.438. The minimum absolute atomic E-state index is 0.0727. The quantitative estimate of drug-likeness (QED) is 0.279. The monoisotopic (exact) mass is 485 g/mol. The summed E-state index contributed by atoms with van der Waals surface area (Å²) in [5.74, 6) is 0. The second-order valence-corrected chi connectivity index (χ2v) is 11.6. The van der Waals surface area contributed by atoms with Gasteiger partial charge >= 0.3 is 0 Å². The molecular weight excluding hydrogens is 448 g/mol. The van der Waals surface area contributed by atoms with E-state index in [1.54, 1.807) is 0 Å². The topological polar surface area (TPSA) is 15.0 Å². The van der Waals surface area contributed by atoms with E-state index in [1.165, 1.54) is 68.3 Å². The molecule has 6 rings (SSSR count). The van der Waals surface area contributed by atoms with Crippen LogP contribution < -0.4 is 5.32 Å². The first-order valence-corrected chi connectivity index (χ1v) is 13.7. The van der Waals surface area contributed by atoms with Crippen molar-refractivity contribution in [3.05, 3.63) is 108 Å². The molecule has 2 aliphatic rings. The van der Waals surface area contributed by atoms with E-state index in [-0.39, 0.29) is 10.8 Å². The summed E-state index contributed by atoms with van der Waals surface area (Å²) < 4.78 is 2.57. The van der Waals surface area contributed by atoms with Crippen LogP contribution in [0.1, 0.15) is 58.6 Å². The summed E-state index contributed by atoms with van der Waals surface area (Å²) >= 11 is 0. The standard InChI is InChI=1S/C35H36N2/c1-6-7-23-37-29-22-20-25-14-9-11-16-27(25)33(29)35(4,5)31(37)18-12-17-30-34(2,3)32-26-15-10-8-13-24(26)19-21-28(32)36-30/h8-22H,6-7,23H2,1-5H3/p+1. The molecule has 2 nitrogen and oxygen atoms in total. The molecule has 2 heteroatoms. The summed E-state index contributed by atoms with van der Waals surface area (Å²) in [6.45, 7) is 12.8. The Morgan fingerprint density at radius 2 is 1.41 bits per heavy atom. The molecule has 0 saturated carbocycles. The molecular formula is C35H37N2+. The normalized spacial score (nSPS) is 18.7. The third-order valence-corrected chi connectivity index (χ3v) is 8.50. The first kappa shape index (κ1) is 23.7. The Kier molecular flexibility index (Phi) is 5.60. The average Bonchev–Trinajstić information content (AvgIpc) is 3.29. The lowest BCUT2D eigenvalue weighted by atomic mass is 9.79. The lowest BCUT2D eigenvalue weighted by Crippen LogP contribution is -2.28. The van der Waals surface area contributed by atoms with Crippen molar-refractivity contribution in [2.75, 3.05) is 11.9 Å². The summed E-state index contributed by atoms with van der Waals surface area (Å²) in [6.07, 6.45) is 9.28. The minimum atomic E-state index is -0.0859. The molecule has 0 unspecified atom stereocenters. The molecule has 0 aliphatic carbocycles. The Labute approximate surface area is 221 Å². The van der Waals surface area contributed by atoms with E-state index < -0.39 is 0 Å². The zero-order valence-electron chi connectivity index (χ0n) is 22.7. The van der Waals surface area contributed by atoms with Gasteiger partial charge in [-0.2, -0.15) is 4.58 Å². The molecule has 37 heavy (non-hydrogen) atoms. The highest BCUT2D eigenvalue weighted by Crippen LogP contribution is 2.47. The van der Waals surface area contributed by atoms with Crippen molar-refractivity contribution in [2.24, 2.45) is 0 Å². The van der Waals surface area contributed by atoms with Gasteiger partial charge in [-0.15, -0.1) is 0 Å². The minimum Gasteiger partial charge on any atom is -0.358 e. The van der Waals surface area contributed by atoms with Crippen molar-refractivity contribution in [3.8, 4) is 0 Å². The average molecular weight is 486 g/mol. The zero-order chi connectivity index (χ0) is 25.8. The van der Waals surface area contributed by atoms with Crippen molar-refractivity contribution < 1.29 is 4.58 Å². The summed E-state index contributed by atoms with van der Waals surface area (Å²) in [5, 5.41) is 9.06. The number of nitrogens with one attached hydrogen (secondary N) is 1. The molecule has 4 aromatic carbocycles. The Morgan fingerprint density at radius 3 is 2.11 bits per heavy atom. The summed E-state index contributed by atoms with van der Waals surface area (Å²) in [5.41, 5.74) is 7.89. The van der Waals surface area contributed by atoms with Crippen LogP contribution in [-0.2, 0) is 10.8 Å². The van der Waals surface area contributed by atoms with Gasteiger partial charge < -0.3 is 5.32 Å². The van der Waals surface area contributed by atoms with E-state index in [9.17, 15) is 0 Å². The van der Waals surface area contributed by atoms with E-state index in [4.69, 9.17) is 0 Å². The van der Waals surface area contributed by atoms with Gasteiger partial charge in [0.05, 0.1) is 5.41 Å². The molecule has 2 aliphatic heterocycles. The first-order valence-electron chi connectivity index (χ1n) is 13.7. The van der Waals surface area contributed by atoms with E-state index in [0.717, 1.165) is 6.54 Å². The highest BCUT2D eigenvalue weighted by molar-refractivity contribution is 6.07. The maximum Gasteiger partial charge on any atom is 0.210 e. The van der Waals surface area contributed by atoms with Crippen LogP contribution >= 0.6 is 0 Å². The van der Waals surface area contributed by atoms with Gasteiger partial charge in [-0.25, -0.2) is 0 Å². The van der Waals surface area contributed by atoms with Crippen LogP contribution in [0.3, 0.4) is 0 Å². The molecule has 1 N–H and O–H groups in total. The second-order valence-electron chi connectivity index (χ2n) is 11.6. The van der Waals surface area contributed by atoms with Crippen LogP contribution in [0.4, 0.5) is 11.4 Å². The van der Waals surface area contributed by atoms with Crippen molar-refractivity contribution in [3.63, 3.8) is 0 Å². The number of anilines is 1. The van der Waals surface area contributed by atoms with Gasteiger partial charge in [0.15, 0.2) is 5.71 Å². The van der Waals surface area contributed by atoms with Crippen LogP contribution in [-0.4, -0.2) is 16.8 Å². The molecule has 186 valence electrons. The van der Waals surface area contributed by atoms with Crippen molar-refractivity contribution in [1.29, 1.82) is 0 Å². The molecule has 0 radical (unpaired) electrons. The van der Waals surface area contributed by atoms with Gasteiger partial charge in [0.25, 0.3) is 0 Å². The van der Waals surface area contributed by atoms with Crippen LogP contribution in [0.5, 0.6) is 0 Å². The van der Waals surface area contributed by atoms with Gasteiger partial charge in [0.1, 0.15) is 6.54 Å². The van der Waals surface area contributed by atoms with Crippen molar-refractivity contribution in [2.45, 2.75) is 58.3 Å². The number of benzene rings is 4. The van der Waals surface area contributed by atoms with E-state index in [2.05, 4.69) is 136 Å². The number of unbranched alkanes of at least 4 members (excludes halogenated alkanes) is 1. The highest BCUT2D eigenvalue weighted by Gasteiger charge is 2.45. The SMILES string of the molecule is CCCC[N+]1=C(C=CC=C2Nc3ccc4ccccc4c3C2(C)C)C(C)(C)c2c1ccc1ccccc21. The number of allylic oxidation sites excluding steroid dienone is 4. The highest BCUT2D eigenvalue weighted by atomic mass is 15.1. The maximum atomic E-state index is 3.74. The molecule has 2 heterocycles. The van der Waals surface area contributed by atoms with E-state index in [1.807, 2.05) is 0 Å². The molecule has 0 fully saturated rings. The van der Waals surface area contributed by atoms with Crippen LogP contribution in [0, 0.1) is 0 Å². The fourth-order valence-corrected chi connectivity index (χ4v) is 6.56. The van der Waals surface area contributed by atoms with Gasteiger partial charge in [0, 0.05) is 40.9 Å². The van der Waals surface area contributed by atoms with Gasteiger partial charge in [-0.1, -0.05) is 87.9 Å². The summed E-state index contributed by atoms with van der Waals surface area (Å²) in [7, 11) is 0. The smallest absolute Gasteiger partial charge is 0.210 e. The van der Waals surface area contributed by atoms with E-state index in [0.29, 0.717) is 0 Å². The van der Waals surface area contributed by atoms with Crippen molar-refractivity contribution >= 4 is 38.6 Å². The number of hydrogen-bond acceptors (Lipinski definition) is 1. The third-order valence-electron chi connectivity index (χ3n) is 8.50.